The number of aliphatic hydroxyl groups excluding tert-OH is 1. The van der Waals surface area contributed by atoms with Gasteiger partial charge in [0.05, 0.1) is 40.5 Å². The molecule has 0 atom stereocenters. The van der Waals surface area contributed by atoms with Gasteiger partial charge in [-0.3, -0.25) is 9.59 Å². The number of carbonyl (C=O) groups excluding carboxylic acids is 1. The van der Waals surface area contributed by atoms with Crippen LogP contribution >= 0.6 is 23.2 Å². The van der Waals surface area contributed by atoms with E-state index in [2.05, 4.69) is 10.4 Å². The van der Waals surface area contributed by atoms with Crippen LogP contribution in [0.15, 0.2) is 83.8 Å². The van der Waals surface area contributed by atoms with Gasteiger partial charge in [-0.2, -0.15) is 5.10 Å². The fourth-order valence-corrected chi connectivity index (χ4v) is 4.35. The molecule has 4 rings (SSSR count). The maximum absolute atomic E-state index is 13.2. The molecule has 4 aromatic rings. The van der Waals surface area contributed by atoms with E-state index in [1.165, 1.54) is 10.9 Å². The quantitative estimate of drug-likeness (QED) is 0.361. The van der Waals surface area contributed by atoms with Crippen LogP contribution in [0, 0.1) is 0 Å². The molecule has 0 spiro atoms. The number of nitrogens with zero attached hydrogens (tertiary/aromatic N) is 2. The Morgan fingerprint density at radius 1 is 0.914 bits per heavy atom. The number of carbonyl (C=O) groups is 1. The van der Waals surface area contributed by atoms with Crippen molar-refractivity contribution in [3.63, 3.8) is 0 Å². The van der Waals surface area contributed by atoms with Gasteiger partial charge >= 0.3 is 0 Å². The second kappa shape index (κ2) is 11.3. The molecule has 2 N–H and O–H groups in total. The summed E-state index contributed by atoms with van der Waals surface area (Å²) in [5.74, 6) is -0.333. The van der Waals surface area contributed by atoms with Crippen molar-refractivity contribution in [2.45, 2.75) is 19.6 Å². The third-order valence-corrected chi connectivity index (χ3v) is 6.23. The van der Waals surface area contributed by atoms with Crippen LogP contribution in [0.3, 0.4) is 0 Å². The van der Waals surface area contributed by atoms with Gasteiger partial charge in [-0.15, -0.1) is 0 Å². The minimum absolute atomic E-state index is 0.257. The Kier molecular flexibility index (Phi) is 7.98. The average Bonchev–Trinajstić information content (AvgIpc) is 2.86. The molecule has 35 heavy (non-hydrogen) atoms. The van der Waals surface area contributed by atoms with Crippen molar-refractivity contribution in [3.05, 3.63) is 122 Å². The van der Waals surface area contributed by atoms with Crippen molar-refractivity contribution in [2.24, 2.45) is 0 Å². The molecule has 0 saturated carbocycles. The second-order valence-electron chi connectivity index (χ2n) is 7.95. The fourth-order valence-electron chi connectivity index (χ4n) is 3.78. The first-order valence-corrected chi connectivity index (χ1v) is 11.8. The van der Waals surface area contributed by atoms with E-state index in [1.54, 1.807) is 18.2 Å². The predicted octanol–water partition coefficient (Wildman–Crippen LogP) is 4.73. The molecule has 0 aliphatic rings. The van der Waals surface area contributed by atoms with Crippen molar-refractivity contribution < 1.29 is 9.90 Å². The Bertz CT molecular complexity index is 1370. The van der Waals surface area contributed by atoms with Gasteiger partial charge in [0, 0.05) is 12.1 Å². The number of benzene rings is 3. The van der Waals surface area contributed by atoms with Gasteiger partial charge in [0.25, 0.3) is 11.5 Å². The van der Waals surface area contributed by atoms with E-state index in [4.69, 9.17) is 23.2 Å². The number of aliphatic hydroxyl groups is 1. The first-order valence-electron chi connectivity index (χ1n) is 11.0. The lowest BCUT2D eigenvalue weighted by molar-refractivity contribution is 0.0954. The molecule has 0 aliphatic heterocycles. The lowest BCUT2D eigenvalue weighted by Crippen LogP contribution is -2.26. The third kappa shape index (κ3) is 5.80. The average molecular weight is 508 g/mol. The molecule has 1 heterocycles. The van der Waals surface area contributed by atoms with E-state index >= 15 is 0 Å². The number of rotatable bonds is 8. The van der Waals surface area contributed by atoms with Crippen molar-refractivity contribution in [2.75, 3.05) is 6.54 Å². The zero-order chi connectivity index (χ0) is 24.8. The van der Waals surface area contributed by atoms with Crippen LogP contribution in [0.5, 0.6) is 0 Å². The molecule has 178 valence electrons. The minimum atomic E-state index is -0.333. The molecule has 1 aromatic heterocycles. The number of halogens is 2. The van der Waals surface area contributed by atoms with E-state index in [9.17, 15) is 14.7 Å². The lowest BCUT2D eigenvalue weighted by atomic mass is 10.0. The zero-order valence-corrected chi connectivity index (χ0v) is 20.3. The van der Waals surface area contributed by atoms with Gasteiger partial charge in [0.2, 0.25) is 0 Å². The van der Waals surface area contributed by atoms with Crippen molar-refractivity contribution in [3.8, 4) is 11.1 Å². The van der Waals surface area contributed by atoms with E-state index in [-0.39, 0.29) is 23.6 Å². The molecule has 0 fully saturated rings. The number of amides is 1. The number of aromatic nitrogens is 2. The highest BCUT2D eigenvalue weighted by Gasteiger charge is 2.15. The largest absolute Gasteiger partial charge is 0.392 e. The third-order valence-electron chi connectivity index (χ3n) is 5.60. The lowest BCUT2D eigenvalue weighted by Gasteiger charge is -2.12. The number of nitrogens with one attached hydrogen (secondary N) is 1. The molecule has 0 radical (unpaired) electrons. The summed E-state index contributed by atoms with van der Waals surface area (Å²) < 4.78 is 1.40. The van der Waals surface area contributed by atoms with Crippen LogP contribution < -0.4 is 10.9 Å². The summed E-state index contributed by atoms with van der Waals surface area (Å²) in [5, 5.41) is 17.5. The van der Waals surface area contributed by atoms with Crippen molar-refractivity contribution in [1.82, 2.24) is 15.1 Å². The predicted molar refractivity (Wildman–Crippen MR) is 138 cm³/mol. The Morgan fingerprint density at radius 3 is 2.26 bits per heavy atom. The monoisotopic (exact) mass is 507 g/mol. The van der Waals surface area contributed by atoms with E-state index in [1.807, 2.05) is 54.6 Å². The van der Waals surface area contributed by atoms with Crippen molar-refractivity contribution >= 4 is 29.1 Å². The summed E-state index contributed by atoms with van der Waals surface area (Å²) in [6, 6.07) is 22.0. The molecule has 8 heteroatoms. The van der Waals surface area contributed by atoms with Crippen LogP contribution in [-0.2, 0) is 19.6 Å². The highest BCUT2D eigenvalue weighted by atomic mass is 35.5. The maximum atomic E-state index is 13.2. The second-order valence-corrected chi connectivity index (χ2v) is 8.77. The molecule has 3 aromatic carbocycles. The molecular weight excluding hydrogens is 485 g/mol. The summed E-state index contributed by atoms with van der Waals surface area (Å²) in [7, 11) is 0. The minimum Gasteiger partial charge on any atom is -0.392 e. The van der Waals surface area contributed by atoms with E-state index in [0.29, 0.717) is 46.2 Å². The fraction of sp³-hybridized carbons (Fsp3) is 0.148. The van der Waals surface area contributed by atoms with Crippen LogP contribution in [0.1, 0.15) is 27.0 Å². The zero-order valence-electron chi connectivity index (χ0n) is 18.7. The summed E-state index contributed by atoms with van der Waals surface area (Å²) >= 11 is 12.2. The van der Waals surface area contributed by atoms with Gasteiger partial charge in [-0.1, -0.05) is 83.9 Å². The molecule has 1 amide bonds. The molecule has 0 bridgehead atoms. The number of hydrogen-bond donors (Lipinski definition) is 2. The highest BCUT2D eigenvalue weighted by molar-refractivity contribution is 6.39. The Morgan fingerprint density at radius 2 is 1.60 bits per heavy atom. The van der Waals surface area contributed by atoms with Crippen LogP contribution in [-0.4, -0.2) is 27.3 Å². The van der Waals surface area contributed by atoms with Crippen LogP contribution in [0.4, 0.5) is 0 Å². The Labute approximate surface area is 212 Å². The topological polar surface area (TPSA) is 84.2 Å². The van der Waals surface area contributed by atoms with Gasteiger partial charge in [-0.05, 0) is 35.2 Å². The van der Waals surface area contributed by atoms with E-state index in [0.717, 1.165) is 11.1 Å². The molecule has 0 saturated heterocycles. The standard InChI is InChI=1S/C27H23Cl2N3O3/c28-22-7-4-8-23(29)25(22)26(34)30-14-13-18-9-11-20(12-10-18)24-21(17-33)15-31-32(27(24)35)16-19-5-2-1-3-6-19/h1-12,15,33H,13-14,16-17H2,(H,30,34). The first-order chi connectivity index (χ1) is 17.0. The molecule has 6 nitrogen and oxygen atoms in total. The molecular formula is C27H23Cl2N3O3. The SMILES string of the molecule is O=C(NCCc1ccc(-c2c(CO)cnn(Cc3ccccc3)c2=O)cc1)c1c(Cl)cccc1Cl. The maximum Gasteiger partial charge on any atom is 0.275 e. The normalized spacial score (nSPS) is 10.8. The summed E-state index contributed by atoms with van der Waals surface area (Å²) in [5.41, 5.74) is 3.51. The smallest absolute Gasteiger partial charge is 0.275 e. The summed E-state index contributed by atoms with van der Waals surface area (Å²) in [4.78, 5) is 25.6. The summed E-state index contributed by atoms with van der Waals surface area (Å²) in [6.45, 7) is 0.439. The molecule has 0 aliphatic carbocycles. The van der Waals surface area contributed by atoms with Gasteiger partial charge in [0.15, 0.2) is 0 Å². The van der Waals surface area contributed by atoms with Crippen molar-refractivity contribution in [1.29, 1.82) is 0 Å². The summed E-state index contributed by atoms with van der Waals surface area (Å²) in [6.07, 6.45) is 2.11. The first kappa shape index (κ1) is 24.7. The van der Waals surface area contributed by atoms with Crippen LogP contribution in [0.25, 0.3) is 11.1 Å². The van der Waals surface area contributed by atoms with E-state index < -0.39 is 0 Å². The highest BCUT2D eigenvalue weighted by Crippen LogP contribution is 2.24. The molecule has 0 unspecified atom stereocenters. The van der Waals surface area contributed by atoms with Crippen LogP contribution in [0.2, 0.25) is 10.0 Å². The Hall–Kier alpha value is -3.45. The van der Waals surface area contributed by atoms with Gasteiger partial charge in [0.1, 0.15) is 0 Å². The number of hydrogen-bond acceptors (Lipinski definition) is 4. The Balaban J connectivity index is 1.48. The van der Waals surface area contributed by atoms with Gasteiger partial charge in [-0.25, -0.2) is 4.68 Å². The van der Waals surface area contributed by atoms with Gasteiger partial charge < -0.3 is 10.4 Å².